The molecule has 1 fully saturated rings. The first-order valence-corrected chi connectivity index (χ1v) is 6.91. The molecule has 2 rings (SSSR count). The largest absolute Gasteiger partial charge is 0.491 e. The van der Waals surface area contributed by atoms with Crippen LogP contribution in [0.4, 0.5) is 0 Å². The molecule has 0 saturated heterocycles. The summed E-state index contributed by atoms with van der Waals surface area (Å²) in [4.78, 5) is 0. The Kier molecular flexibility index (Phi) is 3.41. The van der Waals surface area contributed by atoms with Gasteiger partial charge in [-0.2, -0.15) is 0 Å². The highest BCUT2D eigenvalue weighted by Gasteiger charge is 2.46. The van der Waals surface area contributed by atoms with E-state index >= 15 is 0 Å². The molecule has 0 aliphatic heterocycles. The molecule has 1 aromatic carbocycles. The molecule has 1 aliphatic carbocycles. The third kappa shape index (κ3) is 2.26. The van der Waals surface area contributed by atoms with Crippen LogP contribution < -0.4 is 10.5 Å². The first-order valence-electron chi connectivity index (χ1n) is 6.91. The highest BCUT2D eigenvalue weighted by Crippen LogP contribution is 2.50. The average Bonchev–Trinajstić information content (AvgIpc) is 2.54. The van der Waals surface area contributed by atoms with Crippen molar-refractivity contribution in [1.29, 1.82) is 0 Å². The van der Waals surface area contributed by atoms with Gasteiger partial charge in [0.1, 0.15) is 5.75 Å². The smallest absolute Gasteiger partial charge is 0.119 e. The van der Waals surface area contributed by atoms with Gasteiger partial charge in [0.2, 0.25) is 0 Å². The van der Waals surface area contributed by atoms with Gasteiger partial charge in [-0.05, 0) is 49.8 Å². The van der Waals surface area contributed by atoms with Crippen molar-refractivity contribution in [2.45, 2.75) is 58.6 Å². The fourth-order valence-corrected chi connectivity index (χ4v) is 3.01. The second kappa shape index (κ2) is 4.58. The van der Waals surface area contributed by atoms with Gasteiger partial charge >= 0.3 is 0 Å². The molecule has 2 heteroatoms. The van der Waals surface area contributed by atoms with Crippen LogP contribution in [0.2, 0.25) is 0 Å². The molecule has 18 heavy (non-hydrogen) atoms. The Bertz CT molecular complexity index is 408. The topological polar surface area (TPSA) is 35.2 Å². The molecule has 1 aliphatic rings. The third-order valence-electron chi connectivity index (χ3n) is 4.32. The molecule has 0 spiro atoms. The van der Waals surface area contributed by atoms with Crippen molar-refractivity contribution in [2.24, 2.45) is 11.1 Å². The van der Waals surface area contributed by atoms with Gasteiger partial charge in [-0.3, -0.25) is 0 Å². The van der Waals surface area contributed by atoms with Crippen LogP contribution in [0, 0.1) is 5.41 Å². The number of hydrogen-bond acceptors (Lipinski definition) is 2. The first-order chi connectivity index (χ1) is 8.35. The summed E-state index contributed by atoms with van der Waals surface area (Å²) < 4.78 is 5.68. The maximum absolute atomic E-state index is 6.67. The van der Waals surface area contributed by atoms with Crippen LogP contribution in [0.1, 0.15) is 52.5 Å². The predicted molar refractivity (Wildman–Crippen MR) is 75.7 cm³/mol. The Balaban J connectivity index is 2.24. The summed E-state index contributed by atoms with van der Waals surface area (Å²) >= 11 is 0. The Hall–Kier alpha value is -1.02. The summed E-state index contributed by atoms with van der Waals surface area (Å²) in [6.07, 6.45) is 3.71. The van der Waals surface area contributed by atoms with E-state index in [1.807, 2.05) is 26.0 Å². The Morgan fingerprint density at radius 1 is 1.11 bits per heavy atom. The summed E-state index contributed by atoms with van der Waals surface area (Å²) in [6, 6.07) is 8.34. The fourth-order valence-electron chi connectivity index (χ4n) is 3.01. The second-order valence-electron chi connectivity index (χ2n) is 6.40. The molecule has 0 aromatic heterocycles. The lowest BCUT2D eigenvalue weighted by Gasteiger charge is -2.38. The van der Waals surface area contributed by atoms with Crippen LogP contribution in [0.5, 0.6) is 5.75 Å². The molecular formula is C16H25NO. The van der Waals surface area contributed by atoms with Crippen molar-refractivity contribution >= 4 is 0 Å². The minimum Gasteiger partial charge on any atom is -0.491 e. The molecular weight excluding hydrogens is 222 g/mol. The fraction of sp³-hybridized carbons (Fsp3) is 0.625. The van der Waals surface area contributed by atoms with E-state index in [1.165, 1.54) is 18.4 Å². The molecule has 1 saturated carbocycles. The molecule has 2 N–H and O–H groups in total. The van der Waals surface area contributed by atoms with Gasteiger partial charge in [0, 0.05) is 5.54 Å². The van der Waals surface area contributed by atoms with Crippen molar-refractivity contribution < 1.29 is 4.74 Å². The second-order valence-corrected chi connectivity index (χ2v) is 6.40. The molecule has 1 unspecified atom stereocenters. The van der Waals surface area contributed by atoms with E-state index in [4.69, 9.17) is 10.5 Å². The lowest BCUT2D eigenvalue weighted by molar-refractivity contribution is 0.209. The molecule has 0 heterocycles. The summed E-state index contributed by atoms with van der Waals surface area (Å²) in [5.41, 5.74) is 7.89. The number of hydrogen-bond donors (Lipinski definition) is 1. The maximum atomic E-state index is 6.67. The van der Waals surface area contributed by atoms with Crippen molar-refractivity contribution in [3.8, 4) is 5.75 Å². The SMILES string of the molecule is CC(C)Oc1ccc(C2(N)CCCC2(C)C)cc1. The number of benzene rings is 1. The molecule has 0 radical (unpaired) electrons. The molecule has 100 valence electrons. The number of nitrogens with two attached hydrogens (primary N) is 1. The summed E-state index contributed by atoms with van der Waals surface area (Å²) in [5.74, 6) is 0.924. The highest BCUT2D eigenvalue weighted by molar-refractivity contribution is 5.34. The van der Waals surface area contributed by atoms with E-state index in [1.54, 1.807) is 0 Å². The quantitative estimate of drug-likeness (QED) is 0.880. The summed E-state index contributed by atoms with van der Waals surface area (Å²) in [6.45, 7) is 8.63. The monoisotopic (exact) mass is 247 g/mol. The molecule has 1 aromatic rings. The van der Waals surface area contributed by atoms with Gasteiger partial charge in [-0.25, -0.2) is 0 Å². The van der Waals surface area contributed by atoms with E-state index in [2.05, 4.69) is 26.0 Å². The van der Waals surface area contributed by atoms with Gasteiger partial charge < -0.3 is 10.5 Å². The standard InChI is InChI=1S/C16H25NO/c1-12(2)18-14-8-6-13(7-9-14)16(17)11-5-10-15(16,3)4/h6-9,12H,5,10-11,17H2,1-4H3. The maximum Gasteiger partial charge on any atom is 0.119 e. The average molecular weight is 247 g/mol. The van der Waals surface area contributed by atoms with Gasteiger partial charge in [-0.1, -0.05) is 32.4 Å². The number of rotatable bonds is 3. The number of ether oxygens (including phenoxy) is 1. The molecule has 0 bridgehead atoms. The molecule has 2 nitrogen and oxygen atoms in total. The van der Waals surface area contributed by atoms with Crippen LogP contribution in [0.3, 0.4) is 0 Å². The van der Waals surface area contributed by atoms with Crippen LogP contribution in [-0.4, -0.2) is 6.10 Å². The third-order valence-corrected chi connectivity index (χ3v) is 4.32. The summed E-state index contributed by atoms with van der Waals surface area (Å²) in [7, 11) is 0. The predicted octanol–water partition coefficient (Wildman–Crippen LogP) is 3.84. The van der Waals surface area contributed by atoms with Crippen LogP contribution in [0.25, 0.3) is 0 Å². The minimum atomic E-state index is -0.191. The van der Waals surface area contributed by atoms with Gasteiger partial charge in [-0.15, -0.1) is 0 Å². The minimum absolute atomic E-state index is 0.174. The normalized spacial score (nSPS) is 26.6. The van der Waals surface area contributed by atoms with Gasteiger partial charge in [0.05, 0.1) is 6.10 Å². The molecule has 0 amide bonds. The van der Waals surface area contributed by atoms with E-state index in [9.17, 15) is 0 Å². The van der Waals surface area contributed by atoms with Crippen molar-refractivity contribution in [3.63, 3.8) is 0 Å². The van der Waals surface area contributed by atoms with Crippen LogP contribution in [0.15, 0.2) is 24.3 Å². The van der Waals surface area contributed by atoms with Crippen LogP contribution >= 0.6 is 0 Å². The van der Waals surface area contributed by atoms with Crippen LogP contribution in [-0.2, 0) is 5.54 Å². The zero-order valence-corrected chi connectivity index (χ0v) is 12.0. The van der Waals surface area contributed by atoms with Crippen molar-refractivity contribution in [3.05, 3.63) is 29.8 Å². The van der Waals surface area contributed by atoms with E-state index in [-0.39, 0.29) is 17.1 Å². The van der Waals surface area contributed by atoms with Crippen molar-refractivity contribution in [1.82, 2.24) is 0 Å². The van der Waals surface area contributed by atoms with E-state index in [0.29, 0.717) is 0 Å². The van der Waals surface area contributed by atoms with Gasteiger partial charge in [0.25, 0.3) is 0 Å². The van der Waals surface area contributed by atoms with E-state index < -0.39 is 0 Å². The zero-order chi connectivity index (χ0) is 13.4. The molecule has 1 atom stereocenters. The van der Waals surface area contributed by atoms with Crippen molar-refractivity contribution in [2.75, 3.05) is 0 Å². The highest BCUT2D eigenvalue weighted by atomic mass is 16.5. The Morgan fingerprint density at radius 3 is 2.17 bits per heavy atom. The summed E-state index contributed by atoms with van der Waals surface area (Å²) in [5, 5.41) is 0. The Morgan fingerprint density at radius 2 is 1.72 bits per heavy atom. The lowest BCUT2D eigenvalue weighted by atomic mass is 9.71. The first kappa shape index (κ1) is 13.4. The zero-order valence-electron chi connectivity index (χ0n) is 12.0. The Labute approximate surface area is 111 Å². The lowest BCUT2D eigenvalue weighted by Crippen LogP contribution is -2.45. The van der Waals surface area contributed by atoms with E-state index in [0.717, 1.165) is 12.2 Å². The van der Waals surface area contributed by atoms with Gasteiger partial charge in [0.15, 0.2) is 0 Å².